The van der Waals surface area contributed by atoms with Crippen LogP contribution in [0.1, 0.15) is 73.1 Å². The second-order valence-electron chi connectivity index (χ2n) is 12.9. The summed E-state index contributed by atoms with van der Waals surface area (Å²) in [4.78, 5) is 73.8. The second kappa shape index (κ2) is 17.1. The van der Waals surface area contributed by atoms with Crippen molar-refractivity contribution in [3.8, 4) is 5.75 Å². The fourth-order valence-electron chi connectivity index (χ4n) is 6.34. The number of carboxylic acid groups (broad SMARTS) is 1. The number of piperazine rings is 1. The van der Waals surface area contributed by atoms with Crippen molar-refractivity contribution in [1.29, 1.82) is 0 Å². The number of fused-ring (bicyclic) bond motifs is 1. The highest BCUT2D eigenvalue weighted by Gasteiger charge is 2.32. The largest absolute Gasteiger partial charge is 0.483 e. The Balaban J connectivity index is 1.29. The van der Waals surface area contributed by atoms with E-state index in [-0.39, 0.29) is 74.8 Å². The highest BCUT2D eigenvalue weighted by molar-refractivity contribution is 5.99. The monoisotopic (exact) mass is 705 g/mol. The van der Waals surface area contributed by atoms with E-state index in [9.17, 15) is 33.5 Å². The lowest BCUT2D eigenvalue weighted by Crippen LogP contribution is -2.56. The Morgan fingerprint density at radius 2 is 1.73 bits per heavy atom. The number of carbonyl (C=O) groups excluding carboxylic acids is 4. The molecule has 2 atom stereocenters. The van der Waals surface area contributed by atoms with Gasteiger partial charge in [0, 0.05) is 50.6 Å². The maximum atomic E-state index is 13.7. The van der Waals surface area contributed by atoms with Gasteiger partial charge in [-0.05, 0) is 68.0 Å². The van der Waals surface area contributed by atoms with E-state index in [4.69, 9.17) is 9.47 Å². The number of nitrogens with one attached hydrogen (secondary N) is 1. The molecule has 4 amide bonds. The minimum absolute atomic E-state index is 0.0753. The molecule has 2 saturated heterocycles. The zero-order valence-electron chi connectivity index (χ0n) is 28.9. The minimum atomic E-state index is -1.17. The van der Waals surface area contributed by atoms with Crippen molar-refractivity contribution in [2.75, 3.05) is 45.9 Å². The van der Waals surface area contributed by atoms with Crippen molar-refractivity contribution in [1.82, 2.24) is 25.0 Å². The van der Waals surface area contributed by atoms with Gasteiger partial charge in [0.2, 0.25) is 5.91 Å². The number of aromatic nitrogens is 1. The van der Waals surface area contributed by atoms with Crippen LogP contribution in [0, 0.1) is 12.7 Å². The number of ether oxygens (including phenoxy) is 2. The molecule has 0 spiro atoms. The molecule has 3 heterocycles. The molecule has 13 nitrogen and oxygen atoms in total. The Hall–Kier alpha value is -5.27. The van der Waals surface area contributed by atoms with E-state index >= 15 is 0 Å². The summed E-state index contributed by atoms with van der Waals surface area (Å²) in [6, 6.07) is 11.5. The third kappa shape index (κ3) is 9.50. The summed E-state index contributed by atoms with van der Waals surface area (Å²) in [6.07, 6.45) is 2.20. The summed E-state index contributed by atoms with van der Waals surface area (Å²) in [7, 11) is 0. The molecule has 5 rings (SSSR count). The van der Waals surface area contributed by atoms with E-state index in [1.807, 2.05) is 19.9 Å². The number of aliphatic carboxylic acids is 1. The van der Waals surface area contributed by atoms with Crippen LogP contribution in [0.15, 0.2) is 48.5 Å². The maximum absolute atomic E-state index is 13.7. The van der Waals surface area contributed by atoms with Crippen LogP contribution in [0.3, 0.4) is 0 Å². The molecule has 0 bridgehead atoms. The number of carboxylic acids is 1. The Labute approximate surface area is 295 Å². The number of rotatable bonds is 13. The standard InChI is InChI=1S/C37H44FN5O8/c1-3-4-20-50-37(49)42-18-16-41(17-19-42)36(48)28(13-14-34(45)46)40-35(47)30-22-32(27-12-7-24(2)21-29(27)39-30)51-23-33(44)43-15-5-6-31(43)25-8-10-26(38)11-9-25/h7-12,21-22,28,31H,3-6,13-20,23H2,1-2H3,(H,40,47)(H,45,46)/t28-,31-/m0/s1. The Bertz CT molecular complexity index is 1740. The number of amides is 4. The summed E-state index contributed by atoms with van der Waals surface area (Å²) in [6.45, 7) is 5.26. The normalized spacial score (nSPS) is 16.5. The molecule has 14 heteroatoms. The van der Waals surface area contributed by atoms with Crippen LogP contribution < -0.4 is 10.1 Å². The van der Waals surface area contributed by atoms with Gasteiger partial charge in [0.15, 0.2) is 6.61 Å². The molecule has 51 heavy (non-hydrogen) atoms. The SMILES string of the molecule is CCCCOC(=O)N1CCN(C(=O)[C@H](CCC(=O)O)NC(=O)c2cc(OCC(=O)N3CCC[C@H]3c3ccc(F)cc3)c3ccc(C)cc3n2)CC1. The predicted molar refractivity (Wildman–Crippen MR) is 185 cm³/mol. The first kappa shape index (κ1) is 37.0. The van der Waals surface area contributed by atoms with E-state index < -0.39 is 29.9 Å². The van der Waals surface area contributed by atoms with Crippen LogP contribution >= 0.6 is 0 Å². The number of benzene rings is 2. The molecule has 2 fully saturated rings. The summed E-state index contributed by atoms with van der Waals surface area (Å²) in [5.74, 6) is -2.68. The molecule has 2 N–H and O–H groups in total. The van der Waals surface area contributed by atoms with E-state index in [2.05, 4.69) is 10.3 Å². The van der Waals surface area contributed by atoms with Crippen molar-refractivity contribution < 1.29 is 42.9 Å². The van der Waals surface area contributed by atoms with Crippen LogP contribution in [0.2, 0.25) is 0 Å². The predicted octanol–water partition coefficient (Wildman–Crippen LogP) is 4.47. The first-order valence-electron chi connectivity index (χ1n) is 17.4. The molecular weight excluding hydrogens is 661 g/mol. The zero-order chi connectivity index (χ0) is 36.5. The highest BCUT2D eigenvalue weighted by atomic mass is 19.1. The second-order valence-corrected chi connectivity index (χ2v) is 12.9. The topological polar surface area (TPSA) is 159 Å². The van der Waals surface area contributed by atoms with Crippen LogP contribution in [-0.2, 0) is 19.1 Å². The smallest absolute Gasteiger partial charge is 0.409 e. The fraction of sp³-hybridized carbons (Fsp3) is 0.459. The van der Waals surface area contributed by atoms with Gasteiger partial charge in [-0.3, -0.25) is 19.2 Å². The van der Waals surface area contributed by atoms with Crippen LogP contribution in [0.25, 0.3) is 10.9 Å². The van der Waals surface area contributed by atoms with Crippen LogP contribution in [0.5, 0.6) is 5.75 Å². The molecule has 0 saturated carbocycles. The van der Waals surface area contributed by atoms with E-state index in [1.54, 1.807) is 29.2 Å². The number of halogens is 1. The van der Waals surface area contributed by atoms with Gasteiger partial charge in [-0.15, -0.1) is 0 Å². The Morgan fingerprint density at radius 3 is 2.43 bits per heavy atom. The van der Waals surface area contributed by atoms with Crippen molar-refractivity contribution in [2.24, 2.45) is 0 Å². The number of aryl methyl sites for hydroxylation is 1. The summed E-state index contributed by atoms with van der Waals surface area (Å²) >= 11 is 0. The van der Waals surface area contributed by atoms with Crippen LogP contribution in [-0.4, -0.2) is 107 Å². The molecule has 2 aliphatic rings. The zero-order valence-corrected chi connectivity index (χ0v) is 28.9. The van der Waals surface area contributed by atoms with Crippen molar-refractivity contribution in [3.05, 3.63) is 71.2 Å². The lowest BCUT2D eigenvalue weighted by atomic mass is 10.0. The molecule has 2 aromatic carbocycles. The van der Waals surface area contributed by atoms with Gasteiger partial charge < -0.3 is 34.6 Å². The average Bonchev–Trinajstić information content (AvgIpc) is 3.62. The fourth-order valence-corrected chi connectivity index (χ4v) is 6.34. The van der Waals surface area contributed by atoms with Crippen molar-refractivity contribution >= 4 is 40.7 Å². The molecule has 0 unspecified atom stereocenters. The Kier molecular flexibility index (Phi) is 12.4. The quantitative estimate of drug-likeness (QED) is 0.245. The van der Waals surface area contributed by atoms with Crippen molar-refractivity contribution in [3.63, 3.8) is 0 Å². The number of pyridine rings is 1. The number of nitrogens with zero attached hydrogens (tertiary/aromatic N) is 4. The van der Waals surface area contributed by atoms with Gasteiger partial charge in [-0.1, -0.05) is 31.5 Å². The number of likely N-dealkylation sites (tertiary alicyclic amines) is 1. The lowest BCUT2D eigenvalue weighted by molar-refractivity contribution is -0.138. The van der Waals surface area contributed by atoms with Gasteiger partial charge in [0.25, 0.3) is 11.8 Å². The van der Waals surface area contributed by atoms with Gasteiger partial charge >= 0.3 is 12.1 Å². The van der Waals surface area contributed by atoms with Crippen LogP contribution in [0.4, 0.5) is 9.18 Å². The molecule has 0 radical (unpaired) electrons. The first-order valence-corrected chi connectivity index (χ1v) is 17.4. The lowest BCUT2D eigenvalue weighted by Gasteiger charge is -2.36. The number of hydrogen-bond acceptors (Lipinski definition) is 8. The molecule has 272 valence electrons. The Morgan fingerprint density at radius 1 is 1.00 bits per heavy atom. The molecule has 2 aliphatic heterocycles. The first-order chi connectivity index (χ1) is 24.5. The number of carbonyl (C=O) groups is 5. The molecule has 0 aliphatic carbocycles. The maximum Gasteiger partial charge on any atom is 0.409 e. The minimum Gasteiger partial charge on any atom is -0.483 e. The van der Waals surface area contributed by atoms with Gasteiger partial charge in [0.05, 0.1) is 18.2 Å². The summed E-state index contributed by atoms with van der Waals surface area (Å²) in [5.41, 5.74) is 2.07. The van der Waals surface area contributed by atoms with Gasteiger partial charge in [-0.25, -0.2) is 14.2 Å². The molecular formula is C37H44FN5O8. The highest BCUT2D eigenvalue weighted by Crippen LogP contribution is 2.33. The molecule has 1 aromatic heterocycles. The summed E-state index contributed by atoms with van der Waals surface area (Å²) in [5, 5.41) is 12.6. The third-order valence-corrected chi connectivity index (χ3v) is 9.16. The van der Waals surface area contributed by atoms with Crippen molar-refractivity contribution in [2.45, 2.75) is 64.5 Å². The number of hydrogen-bond donors (Lipinski definition) is 2. The number of unbranched alkanes of at least 4 members (excludes halogenated alkanes) is 1. The van der Waals surface area contributed by atoms with Gasteiger partial charge in [0.1, 0.15) is 23.3 Å². The van der Waals surface area contributed by atoms with Gasteiger partial charge in [-0.2, -0.15) is 0 Å². The van der Waals surface area contributed by atoms with E-state index in [0.717, 1.165) is 36.8 Å². The summed E-state index contributed by atoms with van der Waals surface area (Å²) < 4.78 is 24.9. The average molecular weight is 706 g/mol. The third-order valence-electron chi connectivity index (χ3n) is 9.16. The molecule has 3 aromatic rings. The van der Waals surface area contributed by atoms with E-state index in [0.29, 0.717) is 24.1 Å². The van der Waals surface area contributed by atoms with E-state index in [1.165, 1.54) is 28.0 Å².